The summed E-state index contributed by atoms with van der Waals surface area (Å²) in [5.41, 5.74) is 0. The van der Waals surface area contributed by atoms with Crippen molar-refractivity contribution >= 4 is 0 Å². The quantitative estimate of drug-likeness (QED) is 0.425. The van der Waals surface area contributed by atoms with Crippen LogP contribution >= 0.6 is 0 Å². The molecular formula is C10H24O6. The van der Waals surface area contributed by atoms with Crippen LogP contribution in [0.5, 0.6) is 0 Å². The van der Waals surface area contributed by atoms with Crippen LogP contribution in [0.3, 0.4) is 0 Å². The van der Waals surface area contributed by atoms with E-state index in [2.05, 4.69) is 0 Å². The first-order valence-corrected chi connectivity index (χ1v) is 5.39. The van der Waals surface area contributed by atoms with Crippen LogP contribution < -0.4 is 0 Å². The fourth-order valence-corrected chi connectivity index (χ4v) is 0.649. The zero-order valence-electron chi connectivity index (χ0n) is 9.93. The lowest BCUT2D eigenvalue weighted by Gasteiger charge is -2.04. The SMILES string of the molecule is CCOCCOCCOCCO.OCCO. The van der Waals surface area contributed by atoms with Crippen molar-refractivity contribution < 1.29 is 29.5 Å². The number of hydrogen-bond acceptors (Lipinski definition) is 6. The Morgan fingerprint density at radius 3 is 1.44 bits per heavy atom. The topological polar surface area (TPSA) is 88.4 Å². The van der Waals surface area contributed by atoms with E-state index in [-0.39, 0.29) is 19.8 Å². The molecule has 0 aromatic carbocycles. The second kappa shape index (κ2) is 20.2. The van der Waals surface area contributed by atoms with Crippen molar-refractivity contribution in [2.75, 3.05) is 59.5 Å². The predicted molar refractivity (Wildman–Crippen MR) is 59.4 cm³/mol. The lowest BCUT2D eigenvalue weighted by Crippen LogP contribution is -2.10. The maximum absolute atomic E-state index is 8.35. The third-order valence-electron chi connectivity index (χ3n) is 1.28. The van der Waals surface area contributed by atoms with Gasteiger partial charge in [0.05, 0.1) is 52.9 Å². The number of aliphatic hydroxyl groups excluding tert-OH is 3. The van der Waals surface area contributed by atoms with Gasteiger partial charge in [0, 0.05) is 6.61 Å². The highest BCUT2D eigenvalue weighted by molar-refractivity contribution is 4.32. The van der Waals surface area contributed by atoms with Crippen molar-refractivity contribution in [2.24, 2.45) is 0 Å². The average molecular weight is 240 g/mol. The summed E-state index contributed by atoms with van der Waals surface area (Å²) in [5, 5.41) is 23.6. The molecule has 16 heavy (non-hydrogen) atoms. The van der Waals surface area contributed by atoms with Crippen molar-refractivity contribution in [3.8, 4) is 0 Å². The Hall–Kier alpha value is -0.240. The summed E-state index contributed by atoms with van der Waals surface area (Å²) in [6.07, 6.45) is 0. The van der Waals surface area contributed by atoms with Gasteiger partial charge >= 0.3 is 0 Å². The van der Waals surface area contributed by atoms with Gasteiger partial charge < -0.3 is 29.5 Å². The smallest absolute Gasteiger partial charge is 0.0701 e. The summed E-state index contributed by atoms with van der Waals surface area (Å²) in [6.45, 7) is 5.22. The number of ether oxygens (including phenoxy) is 3. The Kier molecular flexibility index (Phi) is 22.9. The van der Waals surface area contributed by atoms with Crippen molar-refractivity contribution in [3.63, 3.8) is 0 Å². The minimum absolute atomic E-state index is 0.0684. The first-order valence-electron chi connectivity index (χ1n) is 5.39. The molecule has 3 N–H and O–H groups in total. The predicted octanol–water partition coefficient (Wildman–Crippen LogP) is -0.981. The highest BCUT2D eigenvalue weighted by atomic mass is 16.5. The van der Waals surface area contributed by atoms with E-state index in [1.165, 1.54) is 0 Å². The van der Waals surface area contributed by atoms with Crippen LogP contribution in [-0.2, 0) is 14.2 Å². The zero-order valence-corrected chi connectivity index (χ0v) is 9.93. The van der Waals surface area contributed by atoms with E-state index in [9.17, 15) is 0 Å². The Morgan fingerprint density at radius 2 is 1.06 bits per heavy atom. The second-order valence-corrected chi connectivity index (χ2v) is 2.59. The molecule has 0 heterocycles. The van der Waals surface area contributed by atoms with Gasteiger partial charge in [-0.2, -0.15) is 0 Å². The molecule has 0 aromatic rings. The maximum atomic E-state index is 8.35. The molecule has 0 rings (SSSR count). The van der Waals surface area contributed by atoms with E-state index in [1.807, 2.05) is 6.92 Å². The van der Waals surface area contributed by atoms with E-state index < -0.39 is 0 Å². The Balaban J connectivity index is 0. The molecule has 0 aliphatic rings. The van der Waals surface area contributed by atoms with Gasteiger partial charge in [0.15, 0.2) is 0 Å². The fraction of sp³-hybridized carbons (Fsp3) is 1.00. The molecule has 0 aliphatic carbocycles. The molecule has 0 radical (unpaired) electrons. The largest absolute Gasteiger partial charge is 0.394 e. The summed E-state index contributed by atoms with van der Waals surface area (Å²) >= 11 is 0. The summed E-state index contributed by atoms with van der Waals surface area (Å²) in [6, 6.07) is 0. The highest BCUT2D eigenvalue weighted by Crippen LogP contribution is 1.79. The van der Waals surface area contributed by atoms with Gasteiger partial charge in [0.1, 0.15) is 0 Å². The first-order chi connectivity index (χ1) is 7.83. The first kappa shape index (κ1) is 18.1. The molecule has 0 unspecified atom stereocenters. The summed E-state index contributed by atoms with van der Waals surface area (Å²) < 4.78 is 15.2. The van der Waals surface area contributed by atoms with Gasteiger partial charge in [-0.1, -0.05) is 0 Å². The van der Waals surface area contributed by atoms with Gasteiger partial charge in [0.2, 0.25) is 0 Å². The summed E-state index contributed by atoms with van der Waals surface area (Å²) in [7, 11) is 0. The molecule has 0 aromatic heterocycles. The van der Waals surface area contributed by atoms with E-state index >= 15 is 0 Å². The minimum atomic E-state index is -0.125. The molecule has 0 atom stereocenters. The lowest BCUT2D eigenvalue weighted by atomic mass is 10.7. The molecular weight excluding hydrogens is 216 g/mol. The Morgan fingerprint density at radius 1 is 0.625 bits per heavy atom. The standard InChI is InChI=1S/C8H18O4.C2H6O2/c1-2-10-5-6-12-8-7-11-4-3-9;3-1-2-4/h9H,2-8H2,1H3;3-4H,1-2H2. The van der Waals surface area contributed by atoms with Gasteiger partial charge in [-0.3, -0.25) is 0 Å². The second-order valence-electron chi connectivity index (χ2n) is 2.59. The van der Waals surface area contributed by atoms with E-state index in [0.29, 0.717) is 33.0 Å². The molecule has 0 bridgehead atoms. The van der Waals surface area contributed by atoms with E-state index in [1.54, 1.807) is 0 Å². The van der Waals surface area contributed by atoms with Crippen LogP contribution in [0.25, 0.3) is 0 Å². The van der Waals surface area contributed by atoms with Gasteiger partial charge in [-0.05, 0) is 6.92 Å². The molecule has 0 saturated carbocycles. The van der Waals surface area contributed by atoms with Crippen LogP contribution in [0.1, 0.15) is 6.92 Å². The highest BCUT2D eigenvalue weighted by Gasteiger charge is 1.88. The third kappa shape index (κ3) is 23.5. The molecule has 100 valence electrons. The number of hydrogen-bond donors (Lipinski definition) is 3. The lowest BCUT2D eigenvalue weighted by molar-refractivity contribution is 0.00965. The molecule has 6 nitrogen and oxygen atoms in total. The molecule has 0 fully saturated rings. The van der Waals surface area contributed by atoms with Gasteiger partial charge in [-0.25, -0.2) is 0 Å². The summed E-state index contributed by atoms with van der Waals surface area (Å²) in [4.78, 5) is 0. The molecule has 0 saturated heterocycles. The van der Waals surface area contributed by atoms with Crippen molar-refractivity contribution in [2.45, 2.75) is 6.92 Å². The minimum Gasteiger partial charge on any atom is -0.394 e. The van der Waals surface area contributed by atoms with Crippen LogP contribution in [0.2, 0.25) is 0 Å². The normalized spacial score (nSPS) is 9.75. The van der Waals surface area contributed by atoms with E-state index in [4.69, 9.17) is 29.5 Å². The van der Waals surface area contributed by atoms with E-state index in [0.717, 1.165) is 6.61 Å². The summed E-state index contributed by atoms with van der Waals surface area (Å²) in [5.74, 6) is 0. The van der Waals surface area contributed by atoms with Crippen LogP contribution in [0.15, 0.2) is 0 Å². The number of aliphatic hydroxyl groups is 3. The molecule has 0 aliphatic heterocycles. The Labute approximate surface area is 96.8 Å². The number of rotatable bonds is 10. The van der Waals surface area contributed by atoms with Crippen molar-refractivity contribution in [1.82, 2.24) is 0 Å². The van der Waals surface area contributed by atoms with Crippen molar-refractivity contribution in [1.29, 1.82) is 0 Å². The van der Waals surface area contributed by atoms with Crippen LogP contribution in [-0.4, -0.2) is 74.8 Å². The average Bonchev–Trinajstić information content (AvgIpc) is 2.33. The van der Waals surface area contributed by atoms with Crippen LogP contribution in [0, 0.1) is 0 Å². The van der Waals surface area contributed by atoms with Gasteiger partial charge in [-0.15, -0.1) is 0 Å². The Bertz CT molecular complexity index is 89.3. The third-order valence-corrected chi connectivity index (χ3v) is 1.28. The monoisotopic (exact) mass is 240 g/mol. The van der Waals surface area contributed by atoms with Gasteiger partial charge in [0.25, 0.3) is 0 Å². The van der Waals surface area contributed by atoms with Crippen molar-refractivity contribution in [3.05, 3.63) is 0 Å². The molecule has 0 amide bonds. The maximum Gasteiger partial charge on any atom is 0.0701 e. The van der Waals surface area contributed by atoms with Crippen LogP contribution in [0.4, 0.5) is 0 Å². The molecule has 0 spiro atoms. The molecule has 6 heteroatoms. The zero-order chi connectivity index (χ0) is 12.5. The fourth-order valence-electron chi connectivity index (χ4n) is 0.649.